The van der Waals surface area contributed by atoms with Crippen LogP contribution in [0.15, 0.2) is 48.0 Å². The number of phenols is 1. The van der Waals surface area contributed by atoms with Crippen molar-refractivity contribution >= 4 is 17.4 Å². The Morgan fingerprint density at radius 3 is 2.37 bits per heavy atom. The minimum atomic E-state index is -0.729. The van der Waals surface area contributed by atoms with Crippen molar-refractivity contribution in [2.45, 2.75) is 13.0 Å². The zero-order valence-electron chi connectivity index (χ0n) is 17.6. The van der Waals surface area contributed by atoms with Gasteiger partial charge in [-0.15, -0.1) is 0 Å². The molecule has 0 radical (unpaired) electrons. The molecule has 0 aromatic heterocycles. The monoisotopic (exact) mass is 411 g/mol. The summed E-state index contributed by atoms with van der Waals surface area (Å²) in [6.45, 7) is 2.84. The average molecular weight is 411 g/mol. The van der Waals surface area contributed by atoms with Gasteiger partial charge in [0, 0.05) is 5.56 Å². The zero-order chi connectivity index (χ0) is 22.0. The van der Waals surface area contributed by atoms with Gasteiger partial charge >= 0.3 is 0 Å². The van der Waals surface area contributed by atoms with E-state index in [1.54, 1.807) is 37.4 Å². The summed E-state index contributed by atoms with van der Waals surface area (Å²) in [5.41, 5.74) is 1.93. The number of aliphatic hydroxyl groups excluding tert-OH is 1. The lowest BCUT2D eigenvalue weighted by Crippen LogP contribution is -3.06. The minimum Gasteiger partial charge on any atom is -0.508 e. The van der Waals surface area contributed by atoms with Crippen molar-refractivity contribution in [2.75, 3.05) is 34.3 Å². The molecule has 7 heteroatoms. The molecule has 0 spiro atoms. The highest BCUT2D eigenvalue weighted by atomic mass is 16.5. The number of methoxy groups -OCH3 is 1. The van der Waals surface area contributed by atoms with Crippen LogP contribution in [0, 0.1) is 6.92 Å². The Hall–Kier alpha value is -3.32. The van der Waals surface area contributed by atoms with Crippen molar-refractivity contribution in [3.05, 3.63) is 64.7 Å². The van der Waals surface area contributed by atoms with Crippen LogP contribution in [0.1, 0.15) is 22.7 Å². The van der Waals surface area contributed by atoms with Crippen LogP contribution in [0.2, 0.25) is 0 Å². The summed E-state index contributed by atoms with van der Waals surface area (Å²) < 4.78 is 5.26. The molecule has 158 valence electrons. The van der Waals surface area contributed by atoms with Gasteiger partial charge in [0.1, 0.15) is 17.3 Å². The summed E-state index contributed by atoms with van der Waals surface area (Å²) in [5.74, 6) is -0.832. The highest BCUT2D eigenvalue weighted by Gasteiger charge is 2.46. The van der Waals surface area contributed by atoms with E-state index in [9.17, 15) is 19.8 Å². The maximum absolute atomic E-state index is 12.9. The number of aryl methyl sites for hydroxylation is 1. The SMILES string of the molecule is COc1ccc(C(O)=C2C(=O)C(=O)N(CC[NH+](C)C)[C@H]2c2ccc(O)cc2)cc1C. The largest absolute Gasteiger partial charge is 0.508 e. The molecular formula is C23H27N2O5+. The van der Waals surface area contributed by atoms with Crippen LogP contribution in [0.3, 0.4) is 0 Å². The Morgan fingerprint density at radius 2 is 1.80 bits per heavy atom. The van der Waals surface area contributed by atoms with Gasteiger partial charge in [-0.2, -0.15) is 0 Å². The summed E-state index contributed by atoms with van der Waals surface area (Å²) in [5, 5.41) is 20.7. The molecule has 0 unspecified atom stereocenters. The average Bonchev–Trinajstić information content (AvgIpc) is 2.96. The lowest BCUT2D eigenvalue weighted by Gasteiger charge is -2.25. The molecule has 3 rings (SSSR count). The molecule has 3 N–H and O–H groups in total. The normalized spacial score (nSPS) is 18.3. The number of nitrogens with one attached hydrogen (secondary N) is 1. The lowest BCUT2D eigenvalue weighted by molar-refractivity contribution is -0.857. The Kier molecular flexibility index (Phi) is 6.12. The number of aliphatic hydroxyl groups is 1. The topological polar surface area (TPSA) is 91.5 Å². The first-order valence-electron chi connectivity index (χ1n) is 9.76. The van der Waals surface area contributed by atoms with Gasteiger partial charge in [0.25, 0.3) is 11.7 Å². The number of Topliss-reactive ketones (excluding diaryl/α,β-unsaturated/α-hetero) is 1. The third kappa shape index (κ3) is 4.02. The predicted octanol–water partition coefficient (Wildman–Crippen LogP) is 1.28. The molecule has 0 bridgehead atoms. The van der Waals surface area contributed by atoms with E-state index in [0.717, 1.165) is 10.5 Å². The van der Waals surface area contributed by atoms with Crippen LogP contribution < -0.4 is 9.64 Å². The first-order chi connectivity index (χ1) is 14.2. The molecule has 7 nitrogen and oxygen atoms in total. The highest BCUT2D eigenvalue weighted by molar-refractivity contribution is 6.46. The van der Waals surface area contributed by atoms with Crippen LogP contribution >= 0.6 is 0 Å². The molecule has 0 aliphatic carbocycles. The number of quaternary nitrogens is 1. The molecule has 30 heavy (non-hydrogen) atoms. The maximum atomic E-state index is 12.9. The van der Waals surface area contributed by atoms with E-state index in [-0.39, 0.29) is 17.1 Å². The molecule has 1 heterocycles. The number of amides is 1. The fraction of sp³-hybridized carbons (Fsp3) is 0.304. The molecule has 2 aromatic carbocycles. The standard InChI is InChI=1S/C23H26N2O5/c1-14-13-16(7-10-18(14)30-4)21(27)19-20(15-5-8-17(26)9-6-15)25(12-11-24(2)3)23(29)22(19)28/h5-10,13,20,26-27H,11-12H2,1-4H3/p+1/t20-/m0/s1. The summed E-state index contributed by atoms with van der Waals surface area (Å²) in [4.78, 5) is 28.4. The number of hydrogen-bond donors (Lipinski definition) is 3. The van der Waals surface area contributed by atoms with E-state index >= 15 is 0 Å². The fourth-order valence-corrected chi connectivity index (χ4v) is 3.64. The Morgan fingerprint density at radius 1 is 1.13 bits per heavy atom. The summed E-state index contributed by atoms with van der Waals surface area (Å²) in [7, 11) is 5.49. The van der Waals surface area contributed by atoms with E-state index in [2.05, 4.69) is 0 Å². The van der Waals surface area contributed by atoms with Crippen molar-refractivity contribution in [2.24, 2.45) is 0 Å². The van der Waals surface area contributed by atoms with Crippen LogP contribution in [0.5, 0.6) is 11.5 Å². The Labute approximate surface area is 175 Å². The van der Waals surface area contributed by atoms with Crippen LogP contribution in [-0.4, -0.2) is 61.1 Å². The van der Waals surface area contributed by atoms with E-state index in [4.69, 9.17) is 4.74 Å². The predicted molar refractivity (Wildman–Crippen MR) is 113 cm³/mol. The third-order valence-electron chi connectivity index (χ3n) is 5.27. The number of phenolic OH excluding ortho intramolecular Hbond substituents is 1. The van der Waals surface area contributed by atoms with Gasteiger partial charge < -0.3 is 24.7 Å². The Bertz CT molecular complexity index is 995. The second-order valence-electron chi connectivity index (χ2n) is 7.73. The van der Waals surface area contributed by atoms with E-state index in [0.29, 0.717) is 30.0 Å². The number of aromatic hydroxyl groups is 1. The van der Waals surface area contributed by atoms with Crippen LogP contribution in [0.4, 0.5) is 0 Å². The van der Waals surface area contributed by atoms with Gasteiger partial charge in [0.15, 0.2) is 0 Å². The number of nitrogens with zero attached hydrogens (tertiary/aromatic N) is 1. The summed E-state index contributed by atoms with van der Waals surface area (Å²) in [6, 6.07) is 10.7. The van der Waals surface area contributed by atoms with Gasteiger partial charge in [0.05, 0.1) is 45.9 Å². The molecule has 1 atom stereocenters. The van der Waals surface area contributed by atoms with Crippen molar-refractivity contribution in [3.8, 4) is 11.5 Å². The first kappa shape index (κ1) is 21.4. The van der Waals surface area contributed by atoms with Gasteiger partial charge in [-0.1, -0.05) is 12.1 Å². The molecule has 1 fully saturated rings. The van der Waals surface area contributed by atoms with Crippen molar-refractivity contribution in [1.82, 2.24) is 4.90 Å². The number of benzene rings is 2. The van der Waals surface area contributed by atoms with Gasteiger partial charge in [-0.3, -0.25) is 9.59 Å². The van der Waals surface area contributed by atoms with Gasteiger partial charge in [0.2, 0.25) is 0 Å². The second kappa shape index (κ2) is 8.59. The molecule has 0 saturated carbocycles. The zero-order valence-corrected chi connectivity index (χ0v) is 17.6. The van der Waals surface area contributed by atoms with Crippen LogP contribution in [-0.2, 0) is 9.59 Å². The molecule has 1 amide bonds. The number of ether oxygens (including phenoxy) is 1. The quantitative estimate of drug-likeness (QED) is 0.378. The minimum absolute atomic E-state index is 0.0454. The number of likely N-dealkylation sites (N-methyl/N-ethyl adjacent to an activating group) is 1. The molecular weight excluding hydrogens is 384 g/mol. The van der Waals surface area contributed by atoms with Gasteiger partial charge in [-0.05, 0) is 48.4 Å². The number of carbonyl (C=O) groups excluding carboxylic acids is 2. The smallest absolute Gasteiger partial charge is 0.295 e. The number of rotatable bonds is 6. The van der Waals surface area contributed by atoms with Crippen molar-refractivity contribution < 1.29 is 29.4 Å². The number of ketones is 1. The van der Waals surface area contributed by atoms with Crippen molar-refractivity contribution in [1.29, 1.82) is 0 Å². The fourth-order valence-electron chi connectivity index (χ4n) is 3.64. The van der Waals surface area contributed by atoms with Crippen molar-refractivity contribution in [3.63, 3.8) is 0 Å². The lowest BCUT2D eigenvalue weighted by atomic mass is 9.94. The maximum Gasteiger partial charge on any atom is 0.295 e. The Balaban J connectivity index is 2.14. The summed E-state index contributed by atoms with van der Waals surface area (Å²) in [6.07, 6.45) is 0. The number of likely N-dealkylation sites (tertiary alicyclic amines) is 1. The van der Waals surface area contributed by atoms with Gasteiger partial charge in [-0.25, -0.2) is 0 Å². The van der Waals surface area contributed by atoms with E-state index in [1.807, 2.05) is 21.0 Å². The number of carbonyl (C=O) groups is 2. The third-order valence-corrected chi connectivity index (χ3v) is 5.27. The first-order valence-corrected chi connectivity index (χ1v) is 9.76. The second-order valence-corrected chi connectivity index (χ2v) is 7.73. The summed E-state index contributed by atoms with van der Waals surface area (Å²) >= 11 is 0. The number of hydrogen-bond acceptors (Lipinski definition) is 5. The van der Waals surface area contributed by atoms with Crippen LogP contribution in [0.25, 0.3) is 5.76 Å². The molecule has 2 aromatic rings. The molecule has 1 saturated heterocycles. The van der Waals surface area contributed by atoms with E-state index in [1.165, 1.54) is 17.0 Å². The van der Waals surface area contributed by atoms with E-state index < -0.39 is 17.7 Å². The molecule has 1 aliphatic rings. The molecule has 1 aliphatic heterocycles. The highest BCUT2D eigenvalue weighted by Crippen LogP contribution is 2.39.